The molecule has 0 amide bonds. The molecule has 2 aromatic rings. The summed E-state index contributed by atoms with van der Waals surface area (Å²) in [6.07, 6.45) is 1.45. The van der Waals surface area contributed by atoms with Crippen molar-refractivity contribution in [2.24, 2.45) is 5.73 Å². The maximum atomic E-state index is 13.3. The van der Waals surface area contributed by atoms with Crippen molar-refractivity contribution < 1.29 is 4.39 Å². The number of nitrogens with two attached hydrogens (primary N) is 1. The third-order valence-electron chi connectivity index (χ3n) is 2.01. The lowest BCUT2D eigenvalue weighted by atomic mass is 10.1. The van der Waals surface area contributed by atoms with Crippen molar-refractivity contribution in [2.45, 2.75) is 0 Å². The van der Waals surface area contributed by atoms with Gasteiger partial charge in [0.25, 0.3) is 0 Å². The molecule has 0 spiro atoms. The fourth-order valence-corrected chi connectivity index (χ4v) is 1.38. The molecule has 1 heterocycles. The van der Waals surface area contributed by atoms with E-state index in [1.165, 1.54) is 12.3 Å². The fraction of sp³-hybridized carbons (Fsp3) is 0. The van der Waals surface area contributed by atoms with Gasteiger partial charge in [0.1, 0.15) is 17.3 Å². The van der Waals surface area contributed by atoms with Gasteiger partial charge >= 0.3 is 0 Å². The second-order valence-electron chi connectivity index (χ2n) is 2.91. The van der Waals surface area contributed by atoms with Crippen LogP contribution in [0.3, 0.4) is 0 Å². The van der Waals surface area contributed by atoms with Crippen molar-refractivity contribution in [1.82, 2.24) is 4.98 Å². The van der Waals surface area contributed by atoms with Gasteiger partial charge in [0.05, 0.1) is 0 Å². The molecule has 1 aromatic carbocycles. The van der Waals surface area contributed by atoms with E-state index in [1.54, 1.807) is 18.2 Å². The second kappa shape index (κ2) is 3.06. The van der Waals surface area contributed by atoms with Gasteiger partial charge in [-0.2, -0.15) is 0 Å². The van der Waals surface area contributed by atoms with Crippen LogP contribution in [0.25, 0.3) is 10.8 Å². The molecule has 3 N–H and O–H groups in total. The molecule has 0 aliphatic rings. The zero-order chi connectivity index (χ0) is 10.1. The highest BCUT2D eigenvalue weighted by Gasteiger charge is 2.06. The van der Waals surface area contributed by atoms with Crippen LogP contribution in [0.1, 0.15) is 5.69 Å². The number of fused-ring (bicyclic) bond motifs is 1. The fourth-order valence-electron chi connectivity index (χ4n) is 1.38. The van der Waals surface area contributed by atoms with Crippen LogP contribution in [0.5, 0.6) is 0 Å². The Hall–Kier alpha value is -1.97. The molecule has 4 heteroatoms. The summed E-state index contributed by atoms with van der Waals surface area (Å²) in [6.45, 7) is 0. The number of pyridine rings is 1. The van der Waals surface area contributed by atoms with E-state index in [4.69, 9.17) is 11.1 Å². The Balaban J connectivity index is 2.88. The molecule has 1 aromatic heterocycles. The molecule has 0 aliphatic heterocycles. The number of nitrogens with one attached hydrogen (secondary N) is 1. The van der Waals surface area contributed by atoms with Crippen LogP contribution < -0.4 is 5.73 Å². The standard InChI is InChI=1S/C10H8FN3/c11-8-3-1-2-7-6(8)4-5-14-9(7)10(12)13/h1-5H,(H3,12,13). The summed E-state index contributed by atoms with van der Waals surface area (Å²) in [5, 5.41) is 8.29. The van der Waals surface area contributed by atoms with Crippen molar-refractivity contribution in [2.75, 3.05) is 0 Å². The number of halogens is 1. The van der Waals surface area contributed by atoms with Crippen LogP contribution >= 0.6 is 0 Å². The Morgan fingerprint density at radius 2 is 2.07 bits per heavy atom. The van der Waals surface area contributed by atoms with Crippen LogP contribution in [0.2, 0.25) is 0 Å². The number of hydrogen-bond donors (Lipinski definition) is 2. The number of nitrogens with zero attached hydrogens (tertiary/aromatic N) is 1. The van der Waals surface area contributed by atoms with Crippen molar-refractivity contribution in [3.05, 3.63) is 42.0 Å². The van der Waals surface area contributed by atoms with Crippen LogP contribution in [0.15, 0.2) is 30.5 Å². The zero-order valence-corrected chi connectivity index (χ0v) is 7.29. The van der Waals surface area contributed by atoms with E-state index < -0.39 is 0 Å². The molecule has 14 heavy (non-hydrogen) atoms. The van der Waals surface area contributed by atoms with E-state index in [0.29, 0.717) is 16.5 Å². The van der Waals surface area contributed by atoms with Gasteiger partial charge in [-0.05, 0) is 12.1 Å². The minimum absolute atomic E-state index is 0.152. The number of benzene rings is 1. The highest BCUT2D eigenvalue weighted by atomic mass is 19.1. The SMILES string of the molecule is N=C(N)c1nccc2c(F)cccc12. The molecule has 70 valence electrons. The Bertz CT molecular complexity index is 508. The highest BCUT2D eigenvalue weighted by Crippen LogP contribution is 2.19. The number of rotatable bonds is 1. The molecule has 0 radical (unpaired) electrons. The van der Waals surface area contributed by atoms with E-state index in [-0.39, 0.29) is 11.7 Å². The summed E-state index contributed by atoms with van der Waals surface area (Å²) >= 11 is 0. The summed E-state index contributed by atoms with van der Waals surface area (Å²) in [6, 6.07) is 6.21. The number of aromatic nitrogens is 1. The van der Waals surface area contributed by atoms with Crippen molar-refractivity contribution >= 4 is 16.6 Å². The maximum absolute atomic E-state index is 13.3. The molecule has 0 saturated heterocycles. The molecule has 3 nitrogen and oxygen atoms in total. The molecule has 0 aliphatic carbocycles. The summed E-state index contributed by atoms with van der Waals surface area (Å²) in [4.78, 5) is 3.93. The first-order chi connectivity index (χ1) is 6.70. The van der Waals surface area contributed by atoms with E-state index in [1.807, 2.05) is 0 Å². The van der Waals surface area contributed by atoms with E-state index in [9.17, 15) is 4.39 Å². The van der Waals surface area contributed by atoms with E-state index >= 15 is 0 Å². The van der Waals surface area contributed by atoms with Crippen molar-refractivity contribution in [3.63, 3.8) is 0 Å². The molecular formula is C10H8FN3. The molecule has 0 unspecified atom stereocenters. The monoisotopic (exact) mass is 189 g/mol. The minimum atomic E-state index is -0.326. The van der Waals surface area contributed by atoms with Gasteiger partial charge in [0.15, 0.2) is 0 Å². The first-order valence-corrected chi connectivity index (χ1v) is 4.08. The normalized spacial score (nSPS) is 10.4. The lowest BCUT2D eigenvalue weighted by Crippen LogP contribution is -2.13. The minimum Gasteiger partial charge on any atom is -0.382 e. The van der Waals surface area contributed by atoms with Gasteiger partial charge in [-0.1, -0.05) is 12.1 Å². The van der Waals surface area contributed by atoms with Gasteiger partial charge < -0.3 is 5.73 Å². The van der Waals surface area contributed by atoms with Crippen LogP contribution in [0, 0.1) is 11.2 Å². The van der Waals surface area contributed by atoms with Crippen LogP contribution in [0.4, 0.5) is 4.39 Å². The quantitative estimate of drug-likeness (QED) is 0.529. The Morgan fingerprint density at radius 3 is 2.79 bits per heavy atom. The zero-order valence-electron chi connectivity index (χ0n) is 7.29. The molecule has 0 fully saturated rings. The highest BCUT2D eigenvalue weighted by molar-refractivity contribution is 6.05. The van der Waals surface area contributed by atoms with Crippen molar-refractivity contribution in [3.8, 4) is 0 Å². The van der Waals surface area contributed by atoms with E-state index in [2.05, 4.69) is 4.98 Å². The third-order valence-corrected chi connectivity index (χ3v) is 2.01. The van der Waals surface area contributed by atoms with Crippen molar-refractivity contribution in [1.29, 1.82) is 5.41 Å². The number of nitrogen functional groups attached to an aromatic ring is 1. The number of amidine groups is 1. The predicted octanol–water partition coefficient (Wildman–Crippen LogP) is 1.66. The first-order valence-electron chi connectivity index (χ1n) is 4.08. The smallest absolute Gasteiger partial charge is 0.142 e. The lowest BCUT2D eigenvalue weighted by molar-refractivity contribution is 0.640. The van der Waals surface area contributed by atoms with Gasteiger partial charge in [-0.25, -0.2) is 4.39 Å². The number of hydrogen-bond acceptors (Lipinski definition) is 2. The molecular weight excluding hydrogens is 181 g/mol. The molecule has 2 rings (SSSR count). The molecule has 0 bridgehead atoms. The predicted molar refractivity (Wildman–Crippen MR) is 52.7 cm³/mol. The van der Waals surface area contributed by atoms with E-state index in [0.717, 1.165) is 0 Å². The molecule has 0 atom stereocenters. The summed E-state index contributed by atoms with van der Waals surface area (Å²) < 4.78 is 13.3. The Labute approximate surface area is 79.9 Å². The summed E-state index contributed by atoms with van der Waals surface area (Å²) in [7, 11) is 0. The largest absolute Gasteiger partial charge is 0.382 e. The topological polar surface area (TPSA) is 62.8 Å². The first kappa shape index (κ1) is 8.62. The lowest BCUT2D eigenvalue weighted by Gasteiger charge is -2.03. The van der Waals surface area contributed by atoms with Gasteiger partial charge in [0, 0.05) is 17.0 Å². The Morgan fingerprint density at radius 1 is 1.29 bits per heavy atom. The van der Waals surface area contributed by atoms with Crippen LogP contribution in [-0.2, 0) is 0 Å². The average molecular weight is 189 g/mol. The summed E-state index contributed by atoms with van der Waals surface area (Å²) in [5.41, 5.74) is 5.65. The van der Waals surface area contributed by atoms with Gasteiger partial charge in [-0.3, -0.25) is 10.4 Å². The summed E-state index contributed by atoms with van der Waals surface area (Å²) in [5.74, 6) is -0.478. The molecule has 0 saturated carbocycles. The average Bonchev–Trinajstić information content (AvgIpc) is 2.17. The maximum Gasteiger partial charge on any atom is 0.142 e. The Kier molecular flexibility index (Phi) is 1.89. The van der Waals surface area contributed by atoms with Gasteiger partial charge in [-0.15, -0.1) is 0 Å². The van der Waals surface area contributed by atoms with Crippen LogP contribution in [-0.4, -0.2) is 10.8 Å². The van der Waals surface area contributed by atoms with Gasteiger partial charge in [0.2, 0.25) is 0 Å². The second-order valence-corrected chi connectivity index (χ2v) is 2.91. The third kappa shape index (κ3) is 1.21.